The van der Waals surface area contributed by atoms with Crippen LogP contribution in [0, 0.1) is 5.41 Å². The Morgan fingerprint density at radius 3 is 2.12 bits per heavy atom. The van der Waals surface area contributed by atoms with Crippen LogP contribution in [0.1, 0.15) is 54.9 Å². The first-order valence-corrected chi connectivity index (χ1v) is 6.48. The molecule has 2 heteroatoms. The summed E-state index contributed by atoms with van der Waals surface area (Å²) in [5, 5.41) is 0. The van der Waals surface area contributed by atoms with E-state index >= 15 is 0 Å². The van der Waals surface area contributed by atoms with Crippen LogP contribution in [-0.2, 0) is 0 Å². The van der Waals surface area contributed by atoms with Gasteiger partial charge >= 0.3 is 0 Å². The van der Waals surface area contributed by atoms with Crippen LogP contribution in [0.3, 0.4) is 0 Å². The molecule has 0 saturated carbocycles. The molecule has 0 aliphatic carbocycles. The zero-order valence-electron chi connectivity index (χ0n) is 10.4. The normalized spacial score (nSPS) is 13.6. The molecule has 88 valence electrons. The number of carbonyl (C=O) groups is 1. The minimum absolute atomic E-state index is 0.0540. The number of benzene rings is 1. The van der Waals surface area contributed by atoms with Crippen molar-refractivity contribution in [3.8, 4) is 0 Å². The number of rotatable bonds is 3. The second-order valence-corrected chi connectivity index (χ2v) is 6.77. The fourth-order valence-corrected chi connectivity index (χ4v) is 1.82. The largest absolute Gasteiger partial charge is 0.294 e. The van der Waals surface area contributed by atoms with Crippen molar-refractivity contribution < 1.29 is 4.79 Å². The number of hydrogen-bond donors (Lipinski definition) is 0. The Morgan fingerprint density at radius 1 is 1.25 bits per heavy atom. The van der Waals surface area contributed by atoms with Gasteiger partial charge in [-0.2, -0.15) is 0 Å². The van der Waals surface area contributed by atoms with Gasteiger partial charge in [-0.05, 0) is 17.9 Å². The third kappa shape index (κ3) is 4.09. The highest BCUT2D eigenvalue weighted by molar-refractivity contribution is 9.09. The zero-order chi connectivity index (χ0) is 12.3. The monoisotopic (exact) mass is 282 g/mol. The van der Waals surface area contributed by atoms with Crippen LogP contribution in [0.2, 0.25) is 0 Å². The molecular formula is C14H19BrO. The lowest BCUT2D eigenvalue weighted by Crippen LogP contribution is -2.13. The van der Waals surface area contributed by atoms with Crippen molar-refractivity contribution in [3.05, 3.63) is 35.4 Å². The van der Waals surface area contributed by atoms with E-state index in [0.29, 0.717) is 11.2 Å². The van der Waals surface area contributed by atoms with E-state index in [-0.39, 0.29) is 11.2 Å². The maximum absolute atomic E-state index is 11.9. The Hall–Kier alpha value is -0.630. The standard InChI is InChI=1S/C14H19BrO/c1-10(15)11-5-7-12(8-6-11)13(16)9-14(2,3)4/h5-8,10H,9H2,1-4H3. The van der Waals surface area contributed by atoms with Crippen LogP contribution in [0.4, 0.5) is 0 Å². The maximum atomic E-state index is 11.9. The van der Waals surface area contributed by atoms with Gasteiger partial charge < -0.3 is 0 Å². The topological polar surface area (TPSA) is 17.1 Å². The quantitative estimate of drug-likeness (QED) is 0.577. The second-order valence-electron chi connectivity index (χ2n) is 5.40. The van der Waals surface area contributed by atoms with E-state index in [9.17, 15) is 4.79 Å². The summed E-state index contributed by atoms with van der Waals surface area (Å²) >= 11 is 3.51. The highest BCUT2D eigenvalue weighted by Crippen LogP contribution is 2.24. The predicted octanol–water partition coefficient (Wildman–Crippen LogP) is 4.76. The summed E-state index contributed by atoms with van der Waals surface area (Å²) in [5.74, 6) is 0.223. The molecule has 0 saturated heterocycles. The van der Waals surface area contributed by atoms with Crippen molar-refractivity contribution in [3.63, 3.8) is 0 Å². The molecule has 0 N–H and O–H groups in total. The van der Waals surface area contributed by atoms with Crippen LogP contribution in [-0.4, -0.2) is 5.78 Å². The molecule has 0 heterocycles. The molecule has 0 aliphatic heterocycles. The molecule has 0 amide bonds. The first-order valence-electron chi connectivity index (χ1n) is 5.57. The zero-order valence-corrected chi connectivity index (χ0v) is 12.0. The van der Waals surface area contributed by atoms with E-state index in [2.05, 4.69) is 43.6 Å². The molecule has 0 radical (unpaired) electrons. The smallest absolute Gasteiger partial charge is 0.163 e. The minimum atomic E-state index is 0.0540. The van der Waals surface area contributed by atoms with Crippen LogP contribution in [0.25, 0.3) is 0 Å². The summed E-state index contributed by atoms with van der Waals surface area (Å²) in [7, 11) is 0. The van der Waals surface area contributed by atoms with Gasteiger partial charge in [0.05, 0.1) is 0 Å². The number of ketones is 1. The molecule has 0 fully saturated rings. The lowest BCUT2D eigenvalue weighted by atomic mass is 9.88. The van der Waals surface area contributed by atoms with E-state index < -0.39 is 0 Å². The second kappa shape index (κ2) is 5.13. The van der Waals surface area contributed by atoms with Gasteiger partial charge in [-0.25, -0.2) is 0 Å². The summed E-state index contributed by atoms with van der Waals surface area (Å²) < 4.78 is 0. The fourth-order valence-electron chi connectivity index (χ4n) is 1.52. The predicted molar refractivity (Wildman–Crippen MR) is 72.2 cm³/mol. The number of hydrogen-bond acceptors (Lipinski definition) is 1. The summed E-state index contributed by atoms with van der Waals surface area (Å²) in [6.07, 6.45) is 0.593. The Balaban J connectivity index is 2.78. The molecule has 0 aliphatic rings. The number of halogens is 1. The van der Waals surface area contributed by atoms with Crippen molar-refractivity contribution in [1.82, 2.24) is 0 Å². The van der Waals surface area contributed by atoms with Crippen molar-refractivity contribution >= 4 is 21.7 Å². The average Bonchev–Trinajstić information content (AvgIpc) is 2.15. The first kappa shape index (κ1) is 13.4. The average molecular weight is 283 g/mol. The van der Waals surface area contributed by atoms with Gasteiger partial charge in [0.1, 0.15) is 0 Å². The van der Waals surface area contributed by atoms with Gasteiger partial charge in [-0.3, -0.25) is 4.79 Å². The summed E-state index contributed by atoms with van der Waals surface area (Å²) in [5.41, 5.74) is 2.07. The molecule has 1 aromatic carbocycles. The number of Topliss-reactive ketones (excluding diaryl/α,β-unsaturated/α-hetero) is 1. The van der Waals surface area contributed by atoms with Crippen molar-refractivity contribution in [2.24, 2.45) is 5.41 Å². The van der Waals surface area contributed by atoms with Crippen molar-refractivity contribution in [1.29, 1.82) is 0 Å². The van der Waals surface area contributed by atoms with Crippen molar-refractivity contribution in [2.45, 2.75) is 38.9 Å². The summed E-state index contributed by atoms with van der Waals surface area (Å²) in [4.78, 5) is 12.3. The van der Waals surface area contributed by atoms with Gasteiger partial charge in [0.2, 0.25) is 0 Å². The highest BCUT2D eigenvalue weighted by atomic mass is 79.9. The summed E-state index contributed by atoms with van der Waals surface area (Å²) in [6, 6.07) is 7.85. The van der Waals surface area contributed by atoms with Crippen LogP contribution < -0.4 is 0 Å². The highest BCUT2D eigenvalue weighted by Gasteiger charge is 2.17. The molecular weight excluding hydrogens is 264 g/mol. The molecule has 0 aromatic heterocycles. The van der Waals surface area contributed by atoms with E-state index in [4.69, 9.17) is 0 Å². The van der Waals surface area contributed by atoms with Gasteiger partial charge in [0, 0.05) is 16.8 Å². The van der Waals surface area contributed by atoms with Gasteiger partial charge in [-0.1, -0.05) is 61.0 Å². The van der Waals surface area contributed by atoms with Gasteiger partial charge in [-0.15, -0.1) is 0 Å². The van der Waals surface area contributed by atoms with Crippen LogP contribution in [0.5, 0.6) is 0 Å². The van der Waals surface area contributed by atoms with Crippen LogP contribution in [0.15, 0.2) is 24.3 Å². The van der Waals surface area contributed by atoms with E-state index in [1.54, 1.807) is 0 Å². The molecule has 1 aromatic rings. The number of alkyl halides is 1. The lowest BCUT2D eigenvalue weighted by Gasteiger charge is -2.16. The Morgan fingerprint density at radius 2 is 1.75 bits per heavy atom. The molecule has 1 nitrogen and oxygen atoms in total. The molecule has 0 spiro atoms. The third-order valence-corrected chi connectivity index (χ3v) is 2.91. The Kier molecular flexibility index (Phi) is 4.31. The van der Waals surface area contributed by atoms with Crippen molar-refractivity contribution in [2.75, 3.05) is 0 Å². The van der Waals surface area contributed by atoms with Gasteiger partial charge in [0.25, 0.3) is 0 Å². The minimum Gasteiger partial charge on any atom is -0.294 e. The first-order chi connectivity index (χ1) is 7.29. The Labute approximate surface area is 106 Å². The lowest BCUT2D eigenvalue weighted by molar-refractivity contribution is 0.0940. The fraction of sp³-hybridized carbons (Fsp3) is 0.500. The third-order valence-electron chi connectivity index (χ3n) is 2.38. The molecule has 1 unspecified atom stereocenters. The SMILES string of the molecule is CC(Br)c1ccc(C(=O)CC(C)(C)C)cc1. The molecule has 16 heavy (non-hydrogen) atoms. The Bertz CT molecular complexity index is 357. The molecule has 1 atom stereocenters. The summed E-state index contributed by atoms with van der Waals surface area (Å²) in [6.45, 7) is 8.32. The van der Waals surface area contributed by atoms with E-state index in [1.807, 2.05) is 24.3 Å². The van der Waals surface area contributed by atoms with E-state index in [0.717, 1.165) is 5.56 Å². The van der Waals surface area contributed by atoms with E-state index in [1.165, 1.54) is 5.56 Å². The van der Waals surface area contributed by atoms with Gasteiger partial charge in [0.15, 0.2) is 5.78 Å². The molecule has 0 bridgehead atoms. The maximum Gasteiger partial charge on any atom is 0.163 e. The van der Waals surface area contributed by atoms with Crippen LogP contribution >= 0.6 is 15.9 Å². The molecule has 1 rings (SSSR count). The number of carbonyl (C=O) groups excluding carboxylic acids is 1.